The van der Waals surface area contributed by atoms with E-state index in [1.54, 1.807) is 43.1 Å². The highest BCUT2D eigenvalue weighted by Gasteiger charge is 2.36. The molecule has 156 valence electrons. The molecule has 0 spiro atoms. The fraction of sp³-hybridized carbons (Fsp3) is 0.238. The first-order valence-corrected chi connectivity index (χ1v) is 9.46. The summed E-state index contributed by atoms with van der Waals surface area (Å²) in [6.45, 7) is 1.79. The van der Waals surface area contributed by atoms with Crippen molar-refractivity contribution in [1.29, 1.82) is 0 Å². The molecule has 0 bridgehead atoms. The lowest BCUT2D eigenvalue weighted by Crippen LogP contribution is -2.46. The van der Waals surface area contributed by atoms with Gasteiger partial charge in [0.25, 0.3) is 0 Å². The molecule has 3 rings (SSSR count). The van der Waals surface area contributed by atoms with Crippen molar-refractivity contribution < 1.29 is 19.2 Å². The Morgan fingerprint density at radius 2 is 1.80 bits per heavy atom. The highest BCUT2D eigenvalue weighted by Crippen LogP contribution is 2.42. The quantitative estimate of drug-likeness (QED) is 0.323. The first-order valence-electron chi connectivity index (χ1n) is 9.05. The molecule has 2 aromatic carbocycles. The van der Waals surface area contributed by atoms with Crippen molar-refractivity contribution in [2.75, 3.05) is 21.3 Å². The number of thiocarbonyl (C=S) groups is 1. The Hall–Kier alpha value is -3.46. The molecule has 8 nitrogen and oxygen atoms in total. The van der Waals surface area contributed by atoms with Crippen molar-refractivity contribution in [3.8, 4) is 11.5 Å². The summed E-state index contributed by atoms with van der Waals surface area (Å²) in [4.78, 5) is 26.2. The van der Waals surface area contributed by atoms with Gasteiger partial charge in [-0.25, -0.2) is 0 Å². The molecule has 0 saturated carbocycles. The predicted molar refractivity (Wildman–Crippen MR) is 116 cm³/mol. The highest BCUT2D eigenvalue weighted by atomic mass is 32.1. The second kappa shape index (κ2) is 8.50. The van der Waals surface area contributed by atoms with E-state index in [-0.39, 0.29) is 17.2 Å². The van der Waals surface area contributed by atoms with E-state index in [0.717, 1.165) is 0 Å². The van der Waals surface area contributed by atoms with E-state index in [2.05, 4.69) is 5.32 Å². The lowest BCUT2D eigenvalue weighted by molar-refractivity contribution is -0.385. The molecule has 9 heteroatoms. The van der Waals surface area contributed by atoms with Gasteiger partial charge in [-0.3, -0.25) is 14.9 Å². The zero-order chi connectivity index (χ0) is 22.0. The van der Waals surface area contributed by atoms with E-state index in [0.29, 0.717) is 33.3 Å². The number of hydrogen-bond acceptors (Lipinski definition) is 6. The van der Waals surface area contributed by atoms with Crippen LogP contribution >= 0.6 is 12.2 Å². The number of nitro benzene ring substituents is 1. The van der Waals surface area contributed by atoms with Crippen LogP contribution in [-0.4, -0.2) is 42.0 Å². The molecule has 0 amide bonds. The average Bonchev–Trinajstić information content (AvgIpc) is 2.76. The van der Waals surface area contributed by atoms with Crippen LogP contribution in [0.15, 0.2) is 53.7 Å². The van der Waals surface area contributed by atoms with E-state index in [4.69, 9.17) is 21.7 Å². The Kier molecular flexibility index (Phi) is 6.02. The molecule has 0 radical (unpaired) electrons. The average molecular weight is 427 g/mol. The molecule has 1 unspecified atom stereocenters. The molecule has 1 aliphatic rings. The van der Waals surface area contributed by atoms with Gasteiger partial charge in [-0.1, -0.05) is 30.3 Å². The second-order valence-electron chi connectivity index (χ2n) is 6.66. The number of carbonyl (C=O) groups excluding carboxylic acids is 1. The number of carbonyl (C=O) groups is 1. The van der Waals surface area contributed by atoms with Gasteiger partial charge in [-0.2, -0.15) is 0 Å². The van der Waals surface area contributed by atoms with Gasteiger partial charge in [0.15, 0.2) is 10.9 Å². The van der Waals surface area contributed by atoms with E-state index < -0.39 is 11.0 Å². The normalized spacial score (nSPS) is 16.2. The fourth-order valence-electron chi connectivity index (χ4n) is 3.38. The van der Waals surface area contributed by atoms with Gasteiger partial charge in [0.1, 0.15) is 5.75 Å². The minimum atomic E-state index is -0.735. The minimum absolute atomic E-state index is 0.0627. The molecule has 30 heavy (non-hydrogen) atoms. The molecule has 0 saturated heterocycles. The van der Waals surface area contributed by atoms with Gasteiger partial charge in [-0.05, 0) is 19.1 Å². The predicted octanol–water partition coefficient (Wildman–Crippen LogP) is 3.63. The van der Waals surface area contributed by atoms with Gasteiger partial charge in [-0.15, -0.1) is 0 Å². The molecule has 1 aliphatic heterocycles. The maximum atomic E-state index is 13.4. The van der Waals surface area contributed by atoms with Crippen molar-refractivity contribution >= 4 is 28.8 Å². The summed E-state index contributed by atoms with van der Waals surface area (Å²) in [6.07, 6.45) is 0. The van der Waals surface area contributed by atoms with Crippen molar-refractivity contribution in [3.05, 3.63) is 75.0 Å². The molecular formula is C21H21N3O5S. The number of methoxy groups -OCH3 is 2. The lowest BCUT2D eigenvalue weighted by atomic mass is 9.88. The second-order valence-corrected chi connectivity index (χ2v) is 7.05. The molecule has 2 aromatic rings. The fourth-order valence-corrected chi connectivity index (χ4v) is 3.64. The van der Waals surface area contributed by atoms with Crippen LogP contribution in [0.3, 0.4) is 0 Å². The summed E-state index contributed by atoms with van der Waals surface area (Å²) in [6, 6.07) is 10.9. The number of allylic oxidation sites excluding steroid dienone is 1. The number of rotatable bonds is 6. The summed E-state index contributed by atoms with van der Waals surface area (Å²) < 4.78 is 10.6. The lowest BCUT2D eigenvalue weighted by Gasteiger charge is -2.36. The van der Waals surface area contributed by atoms with Crippen LogP contribution in [0.25, 0.3) is 0 Å². The molecule has 1 N–H and O–H groups in total. The number of nitrogens with zero attached hydrogens (tertiary/aromatic N) is 2. The van der Waals surface area contributed by atoms with Crippen LogP contribution in [-0.2, 0) is 0 Å². The van der Waals surface area contributed by atoms with Crippen LogP contribution in [0.2, 0.25) is 0 Å². The number of nitro groups is 1. The largest absolute Gasteiger partial charge is 0.496 e. The van der Waals surface area contributed by atoms with Gasteiger partial charge < -0.3 is 19.7 Å². The summed E-state index contributed by atoms with van der Waals surface area (Å²) in [7, 11) is 4.55. The Morgan fingerprint density at radius 3 is 2.37 bits per heavy atom. The molecular weight excluding hydrogens is 406 g/mol. The summed E-state index contributed by atoms with van der Waals surface area (Å²) in [5, 5.41) is 15.1. The minimum Gasteiger partial charge on any atom is -0.496 e. The zero-order valence-electron chi connectivity index (χ0n) is 17.0. The van der Waals surface area contributed by atoms with Gasteiger partial charge in [0.2, 0.25) is 5.75 Å². The molecule has 0 fully saturated rings. The van der Waals surface area contributed by atoms with Crippen LogP contribution in [0, 0.1) is 10.1 Å². The standard InChI is InChI=1S/C21H21N3O5S/c1-12-18(20(25)13-8-6-5-7-9-13)19(22-21(30)23(12)2)14-10-15(24(26)27)17(29-4)11-16(14)28-3/h5-11,19H,1-4H3,(H,22,30). The SMILES string of the molecule is COc1cc(OC)c([N+](=O)[O-])cc1C1NC(=S)N(C)C(C)=C1C(=O)c1ccccc1. The van der Waals surface area contributed by atoms with E-state index in [9.17, 15) is 14.9 Å². The van der Waals surface area contributed by atoms with Crippen LogP contribution < -0.4 is 14.8 Å². The number of nitrogens with one attached hydrogen (secondary N) is 1. The van der Waals surface area contributed by atoms with Crippen LogP contribution in [0.4, 0.5) is 5.69 Å². The molecule has 1 heterocycles. The first-order chi connectivity index (χ1) is 14.3. The van der Waals surface area contributed by atoms with Crippen molar-refractivity contribution in [2.45, 2.75) is 13.0 Å². The number of benzene rings is 2. The van der Waals surface area contributed by atoms with Crippen molar-refractivity contribution in [3.63, 3.8) is 0 Å². The first kappa shape index (κ1) is 21.3. The third-order valence-electron chi connectivity index (χ3n) is 5.07. The van der Waals surface area contributed by atoms with E-state index >= 15 is 0 Å². The topological polar surface area (TPSA) is 93.9 Å². The van der Waals surface area contributed by atoms with Gasteiger partial charge in [0.05, 0.1) is 25.2 Å². The van der Waals surface area contributed by atoms with Crippen LogP contribution in [0.5, 0.6) is 11.5 Å². The molecule has 1 atom stereocenters. The van der Waals surface area contributed by atoms with Gasteiger partial charge >= 0.3 is 5.69 Å². The number of Topliss-reactive ketones (excluding diaryl/α,β-unsaturated/α-hetero) is 1. The third kappa shape index (κ3) is 3.71. The molecule has 0 aromatic heterocycles. The van der Waals surface area contributed by atoms with Crippen molar-refractivity contribution in [2.24, 2.45) is 0 Å². The third-order valence-corrected chi connectivity index (χ3v) is 5.47. The Balaban J connectivity index is 2.24. The molecule has 0 aliphatic carbocycles. The van der Waals surface area contributed by atoms with Gasteiger partial charge in [0, 0.05) is 41.6 Å². The van der Waals surface area contributed by atoms with Crippen LogP contribution in [0.1, 0.15) is 28.9 Å². The monoisotopic (exact) mass is 427 g/mol. The summed E-state index contributed by atoms with van der Waals surface area (Å²) in [5.74, 6) is 0.196. The summed E-state index contributed by atoms with van der Waals surface area (Å²) >= 11 is 5.42. The maximum absolute atomic E-state index is 13.4. The smallest absolute Gasteiger partial charge is 0.311 e. The number of ether oxygens (including phenoxy) is 2. The van der Waals surface area contributed by atoms with E-state index in [1.165, 1.54) is 26.4 Å². The number of ketones is 1. The Bertz CT molecular complexity index is 1050. The Morgan fingerprint density at radius 1 is 1.17 bits per heavy atom. The summed E-state index contributed by atoms with van der Waals surface area (Å²) in [5.41, 5.74) is 1.76. The highest BCUT2D eigenvalue weighted by molar-refractivity contribution is 7.80. The Labute approximate surface area is 179 Å². The maximum Gasteiger partial charge on any atom is 0.311 e. The zero-order valence-corrected chi connectivity index (χ0v) is 17.8. The number of hydrogen-bond donors (Lipinski definition) is 1. The van der Waals surface area contributed by atoms with E-state index in [1.807, 2.05) is 6.07 Å². The van der Waals surface area contributed by atoms with Crippen molar-refractivity contribution in [1.82, 2.24) is 10.2 Å².